The van der Waals surface area contributed by atoms with E-state index >= 15 is 0 Å². The van der Waals surface area contributed by atoms with Crippen LogP contribution >= 0.6 is 0 Å². The molecular weight excluding hydrogens is 257 g/mol. The van der Waals surface area contributed by atoms with E-state index in [1.54, 1.807) is 19.2 Å². The first-order valence-corrected chi connectivity index (χ1v) is 6.76. The standard InChI is InChI=1S/C14H20FN5/c1-10(2)16-9-12(8-14-17-19-20(3)18-14)11-5-4-6-13(15)7-11/h4-7,10,12,16H,8-9H2,1-3H3. The Balaban J connectivity index is 2.15. The average molecular weight is 277 g/mol. The molecule has 0 fully saturated rings. The normalized spacial score (nSPS) is 12.8. The summed E-state index contributed by atoms with van der Waals surface area (Å²) in [5.74, 6) is 0.578. The highest BCUT2D eigenvalue weighted by molar-refractivity contribution is 5.22. The molecule has 0 aliphatic rings. The molecule has 1 unspecified atom stereocenters. The van der Waals surface area contributed by atoms with Crippen LogP contribution in [-0.4, -0.2) is 32.8 Å². The molecule has 1 heterocycles. The molecule has 0 radical (unpaired) electrons. The van der Waals surface area contributed by atoms with Gasteiger partial charge in [-0.1, -0.05) is 26.0 Å². The SMILES string of the molecule is CC(C)NCC(Cc1nnn(C)n1)c1cccc(F)c1. The Labute approximate surface area is 118 Å². The Kier molecular flexibility index (Phi) is 4.79. The van der Waals surface area contributed by atoms with Crippen LogP contribution in [0.25, 0.3) is 0 Å². The maximum absolute atomic E-state index is 13.4. The summed E-state index contributed by atoms with van der Waals surface area (Å²) < 4.78 is 13.4. The third-order valence-corrected chi connectivity index (χ3v) is 3.07. The highest BCUT2D eigenvalue weighted by atomic mass is 19.1. The molecular formula is C14H20FN5. The predicted octanol–water partition coefficient (Wildman–Crippen LogP) is 1.67. The molecule has 2 aromatic rings. The van der Waals surface area contributed by atoms with Crippen molar-refractivity contribution in [3.05, 3.63) is 41.5 Å². The minimum atomic E-state index is -0.218. The predicted molar refractivity (Wildman–Crippen MR) is 74.8 cm³/mol. The Morgan fingerprint density at radius 3 is 2.75 bits per heavy atom. The van der Waals surface area contributed by atoms with E-state index < -0.39 is 0 Å². The van der Waals surface area contributed by atoms with Gasteiger partial charge in [0.1, 0.15) is 5.82 Å². The molecule has 0 spiro atoms. The van der Waals surface area contributed by atoms with Crippen LogP contribution in [-0.2, 0) is 13.5 Å². The quantitative estimate of drug-likeness (QED) is 0.872. The number of halogens is 1. The van der Waals surface area contributed by atoms with Crippen molar-refractivity contribution in [3.63, 3.8) is 0 Å². The van der Waals surface area contributed by atoms with Gasteiger partial charge in [-0.05, 0) is 22.9 Å². The van der Waals surface area contributed by atoms with Gasteiger partial charge in [0.15, 0.2) is 5.82 Å². The summed E-state index contributed by atoms with van der Waals surface area (Å²) in [5.41, 5.74) is 0.950. The highest BCUT2D eigenvalue weighted by Crippen LogP contribution is 2.19. The first kappa shape index (κ1) is 14.6. The van der Waals surface area contributed by atoms with Gasteiger partial charge in [0.2, 0.25) is 0 Å². The van der Waals surface area contributed by atoms with E-state index in [9.17, 15) is 4.39 Å². The van der Waals surface area contributed by atoms with Crippen molar-refractivity contribution in [2.24, 2.45) is 7.05 Å². The summed E-state index contributed by atoms with van der Waals surface area (Å²) in [7, 11) is 1.74. The van der Waals surface area contributed by atoms with Gasteiger partial charge in [0.25, 0.3) is 0 Å². The van der Waals surface area contributed by atoms with Crippen molar-refractivity contribution < 1.29 is 4.39 Å². The molecule has 1 aromatic heterocycles. The highest BCUT2D eigenvalue weighted by Gasteiger charge is 2.16. The zero-order valence-electron chi connectivity index (χ0n) is 12.0. The molecule has 2 rings (SSSR count). The van der Waals surface area contributed by atoms with Gasteiger partial charge in [0, 0.05) is 24.9 Å². The fraction of sp³-hybridized carbons (Fsp3) is 0.500. The smallest absolute Gasteiger partial charge is 0.175 e. The third-order valence-electron chi connectivity index (χ3n) is 3.07. The molecule has 1 aromatic carbocycles. The van der Waals surface area contributed by atoms with E-state index in [0.29, 0.717) is 18.3 Å². The summed E-state index contributed by atoms with van der Waals surface area (Å²) in [6, 6.07) is 7.07. The molecule has 0 aliphatic heterocycles. The minimum absolute atomic E-state index is 0.122. The van der Waals surface area contributed by atoms with E-state index in [4.69, 9.17) is 0 Å². The maximum atomic E-state index is 13.4. The molecule has 0 amide bonds. The van der Waals surface area contributed by atoms with Crippen molar-refractivity contribution >= 4 is 0 Å². The van der Waals surface area contributed by atoms with Crippen molar-refractivity contribution in [3.8, 4) is 0 Å². The first-order chi connectivity index (χ1) is 9.54. The average Bonchev–Trinajstić information content (AvgIpc) is 2.80. The summed E-state index contributed by atoms with van der Waals surface area (Å²) in [4.78, 5) is 1.44. The Morgan fingerprint density at radius 1 is 1.35 bits per heavy atom. The lowest BCUT2D eigenvalue weighted by Gasteiger charge is -2.18. The Morgan fingerprint density at radius 2 is 2.15 bits per heavy atom. The van der Waals surface area contributed by atoms with E-state index in [-0.39, 0.29) is 11.7 Å². The van der Waals surface area contributed by atoms with Crippen molar-refractivity contribution in [2.75, 3.05) is 6.54 Å². The molecule has 1 N–H and O–H groups in total. The minimum Gasteiger partial charge on any atom is -0.314 e. The zero-order chi connectivity index (χ0) is 14.5. The number of nitrogens with zero attached hydrogens (tertiary/aromatic N) is 4. The van der Waals surface area contributed by atoms with Crippen LogP contribution in [0.3, 0.4) is 0 Å². The fourth-order valence-corrected chi connectivity index (χ4v) is 2.07. The number of benzene rings is 1. The van der Waals surface area contributed by atoms with Crippen LogP contribution in [0.5, 0.6) is 0 Å². The fourth-order valence-electron chi connectivity index (χ4n) is 2.07. The molecule has 0 saturated heterocycles. The third kappa shape index (κ3) is 4.09. The lowest BCUT2D eigenvalue weighted by molar-refractivity contribution is 0.516. The van der Waals surface area contributed by atoms with E-state index in [2.05, 4.69) is 34.6 Å². The molecule has 5 nitrogen and oxygen atoms in total. The number of hydrogen-bond acceptors (Lipinski definition) is 4. The van der Waals surface area contributed by atoms with Crippen LogP contribution in [0.2, 0.25) is 0 Å². The van der Waals surface area contributed by atoms with Crippen molar-refractivity contribution in [2.45, 2.75) is 32.2 Å². The first-order valence-electron chi connectivity index (χ1n) is 6.76. The monoisotopic (exact) mass is 277 g/mol. The molecule has 0 aliphatic carbocycles. The van der Waals surface area contributed by atoms with Gasteiger partial charge < -0.3 is 5.32 Å². The van der Waals surface area contributed by atoms with Crippen molar-refractivity contribution in [1.29, 1.82) is 0 Å². The van der Waals surface area contributed by atoms with Gasteiger partial charge in [-0.15, -0.1) is 10.2 Å². The Bertz CT molecular complexity index is 552. The number of tetrazole rings is 1. The molecule has 108 valence electrons. The van der Waals surface area contributed by atoms with Crippen LogP contribution in [0.1, 0.15) is 31.2 Å². The maximum Gasteiger partial charge on any atom is 0.175 e. The van der Waals surface area contributed by atoms with Gasteiger partial charge in [0.05, 0.1) is 7.05 Å². The number of rotatable bonds is 6. The van der Waals surface area contributed by atoms with Gasteiger partial charge >= 0.3 is 0 Å². The van der Waals surface area contributed by atoms with E-state index in [0.717, 1.165) is 12.1 Å². The summed E-state index contributed by atoms with van der Waals surface area (Å²) in [5, 5.41) is 15.4. The summed E-state index contributed by atoms with van der Waals surface area (Å²) in [6.07, 6.45) is 0.636. The Hall–Kier alpha value is -1.82. The lowest BCUT2D eigenvalue weighted by Crippen LogP contribution is -2.29. The number of hydrogen-bond donors (Lipinski definition) is 1. The zero-order valence-corrected chi connectivity index (χ0v) is 12.0. The van der Waals surface area contributed by atoms with Crippen LogP contribution in [0.4, 0.5) is 4.39 Å². The van der Waals surface area contributed by atoms with E-state index in [1.165, 1.54) is 10.9 Å². The molecule has 20 heavy (non-hydrogen) atoms. The largest absolute Gasteiger partial charge is 0.314 e. The van der Waals surface area contributed by atoms with Gasteiger partial charge in [-0.3, -0.25) is 0 Å². The molecule has 6 heteroatoms. The number of nitrogens with one attached hydrogen (secondary N) is 1. The second kappa shape index (κ2) is 6.56. The molecule has 1 atom stereocenters. The summed E-state index contributed by atoms with van der Waals surface area (Å²) >= 11 is 0. The van der Waals surface area contributed by atoms with Gasteiger partial charge in [-0.2, -0.15) is 4.80 Å². The lowest BCUT2D eigenvalue weighted by atomic mass is 9.95. The van der Waals surface area contributed by atoms with Gasteiger partial charge in [-0.25, -0.2) is 4.39 Å². The summed E-state index contributed by atoms with van der Waals surface area (Å²) in [6.45, 7) is 4.92. The van der Waals surface area contributed by atoms with Crippen LogP contribution < -0.4 is 5.32 Å². The van der Waals surface area contributed by atoms with Crippen LogP contribution in [0, 0.1) is 5.82 Å². The topological polar surface area (TPSA) is 55.6 Å². The van der Waals surface area contributed by atoms with Crippen molar-refractivity contribution in [1.82, 2.24) is 25.5 Å². The molecule has 0 saturated carbocycles. The van der Waals surface area contributed by atoms with E-state index in [1.807, 2.05) is 6.07 Å². The second-order valence-corrected chi connectivity index (χ2v) is 5.21. The number of aryl methyl sites for hydroxylation is 1. The molecule has 0 bridgehead atoms. The number of aromatic nitrogens is 4. The van der Waals surface area contributed by atoms with Crippen LogP contribution in [0.15, 0.2) is 24.3 Å². The second-order valence-electron chi connectivity index (χ2n) is 5.21.